The molecule has 0 spiro atoms. The van der Waals surface area contributed by atoms with Crippen LogP contribution >= 0.6 is 23.2 Å². The number of hydrogen-bond acceptors (Lipinski definition) is 0. The van der Waals surface area contributed by atoms with Crippen LogP contribution in [0.15, 0.2) is 47.5 Å². The molecule has 2 aliphatic carbocycles. The zero-order valence-corrected chi connectivity index (χ0v) is 14.7. The van der Waals surface area contributed by atoms with Crippen molar-refractivity contribution in [3.8, 4) is 0 Å². The maximum absolute atomic E-state index is 6.37. The van der Waals surface area contributed by atoms with E-state index >= 15 is 0 Å². The molecule has 2 heteroatoms. The van der Waals surface area contributed by atoms with Crippen LogP contribution in [0.2, 0.25) is 10.0 Å². The standard InChI is InChI=1S/C21H18Cl2/c1-12-9-18-14(5-3-7-20(18)22)16(12)11-17-13(2)10-19-15(17)6-4-8-21(19)23/h3-10,16-17H,11H2,1-2H3. The Morgan fingerprint density at radius 2 is 1.17 bits per heavy atom. The molecule has 2 unspecified atom stereocenters. The van der Waals surface area contributed by atoms with Gasteiger partial charge in [-0.1, -0.05) is 70.8 Å². The Bertz CT molecular complexity index is 787. The van der Waals surface area contributed by atoms with Crippen LogP contribution in [0, 0.1) is 0 Å². The number of halogens is 2. The van der Waals surface area contributed by atoms with Crippen LogP contribution in [0.25, 0.3) is 12.2 Å². The van der Waals surface area contributed by atoms with Crippen molar-refractivity contribution in [1.82, 2.24) is 0 Å². The van der Waals surface area contributed by atoms with Gasteiger partial charge < -0.3 is 0 Å². The molecule has 2 aromatic carbocycles. The van der Waals surface area contributed by atoms with E-state index < -0.39 is 0 Å². The van der Waals surface area contributed by atoms with Gasteiger partial charge in [0.1, 0.15) is 0 Å². The van der Waals surface area contributed by atoms with Gasteiger partial charge >= 0.3 is 0 Å². The second-order valence-corrected chi connectivity index (χ2v) is 7.42. The van der Waals surface area contributed by atoms with E-state index in [2.05, 4.69) is 50.3 Å². The molecule has 0 aromatic heterocycles. The predicted molar refractivity (Wildman–Crippen MR) is 100 cm³/mol. The molecule has 0 bridgehead atoms. The second-order valence-electron chi connectivity index (χ2n) is 6.60. The summed E-state index contributed by atoms with van der Waals surface area (Å²) < 4.78 is 0. The van der Waals surface area contributed by atoms with Crippen LogP contribution < -0.4 is 0 Å². The van der Waals surface area contributed by atoms with Gasteiger partial charge in [0.25, 0.3) is 0 Å². The largest absolute Gasteiger partial charge is 0.0837 e. The van der Waals surface area contributed by atoms with Crippen LogP contribution in [-0.4, -0.2) is 0 Å². The molecule has 0 radical (unpaired) electrons. The summed E-state index contributed by atoms with van der Waals surface area (Å²) in [5.41, 5.74) is 7.91. The molecule has 4 rings (SSSR count). The van der Waals surface area contributed by atoms with Gasteiger partial charge in [0, 0.05) is 21.9 Å². The molecule has 2 aliphatic rings. The Morgan fingerprint density at radius 1 is 0.739 bits per heavy atom. The molecule has 0 amide bonds. The molecule has 0 nitrogen and oxygen atoms in total. The third kappa shape index (κ3) is 2.36. The fraction of sp³-hybridized carbons (Fsp3) is 0.238. The highest BCUT2D eigenvalue weighted by Gasteiger charge is 2.31. The number of allylic oxidation sites excluding steroid dienone is 2. The molecule has 0 aliphatic heterocycles. The summed E-state index contributed by atoms with van der Waals surface area (Å²) in [5.74, 6) is 0.865. The van der Waals surface area contributed by atoms with Crippen molar-refractivity contribution in [1.29, 1.82) is 0 Å². The normalized spacial score (nSPS) is 21.7. The van der Waals surface area contributed by atoms with Gasteiger partial charge in [-0.2, -0.15) is 0 Å². The Kier molecular flexibility index (Phi) is 3.63. The molecule has 2 atom stereocenters. The van der Waals surface area contributed by atoms with E-state index in [1.807, 2.05) is 12.1 Å². The first-order chi connectivity index (χ1) is 11.1. The lowest BCUT2D eigenvalue weighted by atomic mass is 9.82. The fourth-order valence-corrected chi connectivity index (χ4v) is 4.50. The quantitative estimate of drug-likeness (QED) is 0.547. The molecule has 116 valence electrons. The second kappa shape index (κ2) is 5.54. The minimum atomic E-state index is 0.432. The molecule has 0 fully saturated rings. The molecular weight excluding hydrogens is 323 g/mol. The third-order valence-electron chi connectivity index (χ3n) is 5.24. The Balaban J connectivity index is 1.72. The van der Waals surface area contributed by atoms with Crippen LogP contribution in [-0.2, 0) is 0 Å². The Labute approximate surface area is 147 Å². The van der Waals surface area contributed by atoms with Crippen molar-refractivity contribution >= 4 is 35.4 Å². The Morgan fingerprint density at radius 3 is 1.61 bits per heavy atom. The van der Waals surface area contributed by atoms with Gasteiger partial charge in [-0.3, -0.25) is 0 Å². The minimum absolute atomic E-state index is 0.432. The smallest absolute Gasteiger partial charge is 0.0481 e. The van der Waals surface area contributed by atoms with Gasteiger partial charge in [-0.15, -0.1) is 0 Å². The minimum Gasteiger partial charge on any atom is -0.0837 e. The average molecular weight is 341 g/mol. The molecule has 0 N–H and O–H groups in total. The van der Waals surface area contributed by atoms with Crippen LogP contribution in [0.4, 0.5) is 0 Å². The van der Waals surface area contributed by atoms with Crippen molar-refractivity contribution in [2.24, 2.45) is 0 Å². The summed E-state index contributed by atoms with van der Waals surface area (Å²) >= 11 is 12.7. The summed E-state index contributed by atoms with van der Waals surface area (Å²) in [6, 6.07) is 12.5. The lowest BCUT2D eigenvalue weighted by molar-refractivity contribution is 0.642. The topological polar surface area (TPSA) is 0 Å². The summed E-state index contributed by atoms with van der Waals surface area (Å²) in [4.78, 5) is 0. The summed E-state index contributed by atoms with van der Waals surface area (Å²) in [6.45, 7) is 4.43. The summed E-state index contributed by atoms with van der Waals surface area (Å²) in [6.07, 6.45) is 5.57. The molecule has 0 heterocycles. The van der Waals surface area contributed by atoms with E-state index in [1.54, 1.807) is 0 Å². The van der Waals surface area contributed by atoms with E-state index in [4.69, 9.17) is 23.2 Å². The third-order valence-corrected chi connectivity index (χ3v) is 5.90. The Hall–Kier alpha value is -1.50. The maximum atomic E-state index is 6.37. The molecule has 2 aromatic rings. The van der Waals surface area contributed by atoms with Gasteiger partial charge in [-0.05, 0) is 54.7 Å². The van der Waals surface area contributed by atoms with E-state index in [-0.39, 0.29) is 0 Å². The molecule has 23 heavy (non-hydrogen) atoms. The van der Waals surface area contributed by atoms with Crippen LogP contribution in [0.3, 0.4) is 0 Å². The number of fused-ring (bicyclic) bond motifs is 2. The van der Waals surface area contributed by atoms with E-state index in [0.717, 1.165) is 16.5 Å². The lowest BCUT2D eigenvalue weighted by Crippen LogP contribution is -2.06. The monoisotopic (exact) mass is 340 g/mol. The number of hydrogen-bond donors (Lipinski definition) is 0. The number of rotatable bonds is 2. The highest BCUT2D eigenvalue weighted by molar-refractivity contribution is 6.32. The summed E-state index contributed by atoms with van der Waals surface area (Å²) in [7, 11) is 0. The van der Waals surface area contributed by atoms with Gasteiger partial charge in [-0.25, -0.2) is 0 Å². The first kappa shape index (κ1) is 15.1. The average Bonchev–Trinajstić information content (AvgIpc) is 3.01. The first-order valence-corrected chi connectivity index (χ1v) is 8.75. The zero-order chi connectivity index (χ0) is 16.1. The predicted octanol–water partition coefficient (Wildman–Crippen LogP) is 7.08. The van der Waals surface area contributed by atoms with Gasteiger partial charge in [0.15, 0.2) is 0 Å². The van der Waals surface area contributed by atoms with Crippen molar-refractivity contribution in [2.45, 2.75) is 32.1 Å². The number of benzene rings is 2. The van der Waals surface area contributed by atoms with Crippen molar-refractivity contribution in [2.75, 3.05) is 0 Å². The molecule has 0 saturated heterocycles. The molecular formula is C21H18Cl2. The highest BCUT2D eigenvalue weighted by Crippen LogP contribution is 2.49. The SMILES string of the molecule is CC1=Cc2c(Cl)cccc2C1CC1C(C)=Cc2c(Cl)cccc21. The van der Waals surface area contributed by atoms with Crippen molar-refractivity contribution in [3.63, 3.8) is 0 Å². The van der Waals surface area contributed by atoms with Crippen molar-refractivity contribution in [3.05, 3.63) is 79.8 Å². The van der Waals surface area contributed by atoms with E-state index in [9.17, 15) is 0 Å². The summed E-state index contributed by atoms with van der Waals surface area (Å²) in [5, 5.41) is 1.71. The van der Waals surface area contributed by atoms with Gasteiger partial charge in [0.05, 0.1) is 0 Å². The highest BCUT2D eigenvalue weighted by atomic mass is 35.5. The lowest BCUT2D eigenvalue weighted by Gasteiger charge is -2.22. The fourth-order valence-electron chi connectivity index (χ4n) is 4.03. The molecule has 0 saturated carbocycles. The van der Waals surface area contributed by atoms with Crippen molar-refractivity contribution < 1.29 is 0 Å². The van der Waals surface area contributed by atoms with Crippen LogP contribution in [0.5, 0.6) is 0 Å². The van der Waals surface area contributed by atoms with Crippen LogP contribution in [0.1, 0.15) is 54.4 Å². The van der Waals surface area contributed by atoms with E-state index in [1.165, 1.54) is 33.4 Å². The van der Waals surface area contributed by atoms with E-state index in [0.29, 0.717) is 11.8 Å². The maximum Gasteiger partial charge on any atom is 0.0481 e. The zero-order valence-electron chi connectivity index (χ0n) is 13.2. The van der Waals surface area contributed by atoms with Gasteiger partial charge in [0.2, 0.25) is 0 Å². The first-order valence-electron chi connectivity index (χ1n) is 7.99.